The van der Waals surface area contributed by atoms with Crippen molar-refractivity contribution in [2.75, 3.05) is 61.3 Å². The first-order chi connectivity index (χ1) is 20.3. The van der Waals surface area contributed by atoms with Crippen molar-refractivity contribution in [3.05, 3.63) is 58.5 Å². The number of benzene rings is 2. The summed E-state index contributed by atoms with van der Waals surface area (Å²) in [5, 5.41) is 13.9. The van der Waals surface area contributed by atoms with E-state index in [9.17, 15) is 9.90 Å². The van der Waals surface area contributed by atoms with Gasteiger partial charge in [-0.2, -0.15) is 0 Å². The molecule has 42 heavy (non-hydrogen) atoms. The van der Waals surface area contributed by atoms with Gasteiger partial charge in [0.15, 0.2) is 23.0 Å². The topological polar surface area (TPSA) is 123 Å². The monoisotopic (exact) mass is 598 g/mol. The molecule has 1 unspecified atom stereocenters. The molecular formula is C30H34N2O9S. The summed E-state index contributed by atoms with van der Waals surface area (Å²) >= 11 is 0. The van der Waals surface area contributed by atoms with Crippen LogP contribution in [0, 0.1) is 0 Å². The van der Waals surface area contributed by atoms with Crippen LogP contribution in [0.2, 0.25) is 0 Å². The summed E-state index contributed by atoms with van der Waals surface area (Å²) < 4.78 is 40.0. The summed E-state index contributed by atoms with van der Waals surface area (Å²) in [5.74, 6) is 3.33. The van der Waals surface area contributed by atoms with Crippen LogP contribution in [0.3, 0.4) is 0 Å². The van der Waals surface area contributed by atoms with Gasteiger partial charge in [0.2, 0.25) is 16.4 Å². The molecule has 224 valence electrons. The molecule has 0 N–H and O–H groups in total. The molecule has 11 nitrogen and oxygen atoms in total. The first-order valence-corrected chi connectivity index (χ1v) is 14.6. The highest BCUT2D eigenvalue weighted by molar-refractivity contribution is 7.96. The molecule has 12 heteroatoms. The summed E-state index contributed by atoms with van der Waals surface area (Å²) in [6.07, 6.45) is 3.42. The van der Waals surface area contributed by atoms with E-state index in [0.717, 1.165) is 0 Å². The van der Waals surface area contributed by atoms with E-state index in [-0.39, 0.29) is 23.8 Å². The Morgan fingerprint density at radius 2 is 1.38 bits per heavy atom. The number of pyridine rings is 2. The fraction of sp³-hybridized carbons (Fsp3) is 0.333. The van der Waals surface area contributed by atoms with Gasteiger partial charge in [-0.1, -0.05) is 6.07 Å². The number of hydrogen-bond donors (Lipinski definition) is 0. The molecule has 0 spiro atoms. The molecule has 0 saturated carbocycles. The molecule has 2 aromatic heterocycles. The molecule has 0 aliphatic heterocycles. The van der Waals surface area contributed by atoms with E-state index in [1.165, 1.54) is 47.2 Å². The van der Waals surface area contributed by atoms with Crippen molar-refractivity contribution in [1.82, 2.24) is 9.55 Å². The maximum Gasteiger partial charge on any atom is 0.307 e. The Bertz CT molecular complexity index is 1570. The molecule has 4 aromatic rings. The quantitative estimate of drug-likeness (QED) is 0.212. The van der Waals surface area contributed by atoms with Gasteiger partial charge >= 0.3 is 5.56 Å². The van der Waals surface area contributed by atoms with Crippen molar-refractivity contribution in [3.63, 3.8) is 0 Å². The van der Waals surface area contributed by atoms with Gasteiger partial charge in [0.1, 0.15) is 30.0 Å². The van der Waals surface area contributed by atoms with Crippen LogP contribution in [0.25, 0.3) is 11.0 Å². The van der Waals surface area contributed by atoms with Gasteiger partial charge in [-0.05, 0) is 29.5 Å². The van der Waals surface area contributed by atoms with Crippen LogP contribution >= 0.6 is 0 Å². The standard InChI is InChI=1S/C30H34N2O9S/c1-35-21-13-18(14-22(36-2)26(21)39-5)17-32-29-20(9-8-10-31-29)25(33)28(30(32)34)42(7)12-11-41-19-15-23(37-3)27(40-6)24(16-19)38-4/h8-10,13-16H,11-12,17H2,1-7H3. The van der Waals surface area contributed by atoms with Crippen LogP contribution in [0.5, 0.6) is 46.0 Å². The lowest BCUT2D eigenvalue weighted by molar-refractivity contribution is -0.270. The van der Waals surface area contributed by atoms with Gasteiger partial charge in [-0.15, -0.1) is 0 Å². The Morgan fingerprint density at radius 1 is 0.833 bits per heavy atom. The summed E-state index contributed by atoms with van der Waals surface area (Å²) in [7, 11) is 8.40. The van der Waals surface area contributed by atoms with Gasteiger partial charge in [-0.3, -0.25) is 9.36 Å². The summed E-state index contributed by atoms with van der Waals surface area (Å²) in [4.78, 5) is 18.5. The first-order valence-electron chi connectivity index (χ1n) is 12.8. The van der Waals surface area contributed by atoms with Gasteiger partial charge in [0, 0.05) is 34.6 Å². The molecule has 0 fully saturated rings. The van der Waals surface area contributed by atoms with Gasteiger partial charge in [0.05, 0.1) is 49.2 Å². The summed E-state index contributed by atoms with van der Waals surface area (Å²) in [6.45, 7) is 0.380. The molecule has 0 amide bonds. The van der Waals surface area contributed by atoms with E-state index in [1.807, 2.05) is 6.26 Å². The van der Waals surface area contributed by atoms with E-state index in [1.54, 1.807) is 42.6 Å². The SMILES string of the molecule is COc1cc(Cn2c(=O)c([S+](C)CCOc3cc(OC)c(OC)c(OC)c3)c([O-])c3cccnc32)cc(OC)c1OC. The molecule has 2 heterocycles. The van der Waals surface area contributed by atoms with E-state index < -0.39 is 16.5 Å². The smallest absolute Gasteiger partial charge is 0.307 e. The Morgan fingerprint density at radius 3 is 1.90 bits per heavy atom. The number of nitrogens with zero attached hydrogens (tertiary/aromatic N) is 2. The van der Waals surface area contributed by atoms with Crippen molar-refractivity contribution in [2.45, 2.75) is 11.4 Å². The van der Waals surface area contributed by atoms with Crippen molar-refractivity contribution in [3.8, 4) is 46.0 Å². The van der Waals surface area contributed by atoms with Gasteiger partial charge in [-0.25, -0.2) is 4.98 Å². The Labute approximate surface area is 246 Å². The zero-order valence-electron chi connectivity index (χ0n) is 24.6. The van der Waals surface area contributed by atoms with Gasteiger partial charge < -0.3 is 38.3 Å². The molecule has 1 atom stereocenters. The van der Waals surface area contributed by atoms with Crippen molar-refractivity contribution in [2.24, 2.45) is 0 Å². The summed E-state index contributed by atoms with van der Waals surface area (Å²) in [6, 6.07) is 10.3. The minimum absolute atomic E-state index is 0.134. The molecule has 0 bridgehead atoms. The average Bonchev–Trinajstić information content (AvgIpc) is 3.01. The third kappa shape index (κ3) is 5.94. The molecule has 0 aliphatic carbocycles. The number of aromatic nitrogens is 2. The Kier molecular flexibility index (Phi) is 9.79. The lowest BCUT2D eigenvalue weighted by Crippen LogP contribution is -2.30. The van der Waals surface area contributed by atoms with Crippen LogP contribution in [0.4, 0.5) is 0 Å². The molecular weight excluding hydrogens is 564 g/mol. The number of ether oxygens (including phenoxy) is 7. The third-order valence-electron chi connectivity index (χ3n) is 6.64. The number of fused-ring (bicyclic) bond motifs is 1. The normalized spacial score (nSPS) is 11.6. The highest BCUT2D eigenvalue weighted by Gasteiger charge is 2.26. The minimum atomic E-state index is -0.747. The summed E-state index contributed by atoms with van der Waals surface area (Å²) in [5.41, 5.74) is 0.610. The number of hydrogen-bond acceptors (Lipinski definition) is 10. The second kappa shape index (κ2) is 13.5. The van der Waals surface area contributed by atoms with Crippen molar-refractivity contribution < 1.29 is 38.3 Å². The maximum atomic E-state index is 13.9. The molecule has 0 radical (unpaired) electrons. The largest absolute Gasteiger partial charge is 0.868 e. The van der Waals surface area contributed by atoms with Gasteiger partial charge in [0.25, 0.3) is 0 Å². The molecule has 4 rings (SSSR count). The zero-order chi connectivity index (χ0) is 30.4. The third-order valence-corrected chi connectivity index (χ3v) is 8.48. The number of methoxy groups -OCH3 is 6. The lowest BCUT2D eigenvalue weighted by atomic mass is 10.1. The van der Waals surface area contributed by atoms with Crippen LogP contribution in [0.1, 0.15) is 5.56 Å². The zero-order valence-corrected chi connectivity index (χ0v) is 25.5. The van der Waals surface area contributed by atoms with Crippen LogP contribution < -0.4 is 43.8 Å². The van der Waals surface area contributed by atoms with Crippen LogP contribution in [0.15, 0.2) is 52.3 Å². The minimum Gasteiger partial charge on any atom is -0.868 e. The molecule has 0 aliphatic rings. The van der Waals surface area contributed by atoms with Crippen LogP contribution in [-0.4, -0.2) is 70.8 Å². The lowest BCUT2D eigenvalue weighted by Gasteiger charge is -2.19. The Hall–Kier alpha value is -4.45. The predicted molar refractivity (Wildman–Crippen MR) is 159 cm³/mol. The highest BCUT2D eigenvalue weighted by atomic mass is 32.2. The molecule has 0 saturated heterocycles. The van der Waals surface area contributed by atoms with E-state index in [0.29, 0.717) is 62.6 Å². The first kappa shape index (κ1) is 30.5. The highest BCUT2D eigenvalue weighted by Crippen LogP contribution is 2.41. The van der Waals surface area contributed by atoms with E-state index in [2.05, 4.69) is 4.98 Å². The van der Waals surface area contributed by atoms with E-state index >= 15 is 0 Å². The van der Waals surface area contributed by atoms with E-state index in [4.69, 9.17) is 33.2 Å². The second-order valence-electron chi connectivity index (χ2n) is 9.01. The van der Waals surface area contributed by atoms with Crippen molar-refractivity contribution >= 4 is 21.9 Å². The fourth-order valence-corrected chi connectivity index (χ4v) is 5.99. The maximum absolute atomic E-state index is 13.9. The second-order valence-corrected chi connectivity index (χ2v) is 11.1. The van der Waals surface area contributed by atoms with Crippen molar-refractivity contribution in [1.29, 1.82) is 0 Å². The predicted octanol–water partition coefficient (Wildman–Crippen LogP) is 3.26. The molecule has 2 aromatic carbocycles. The average molecular weight is 599 g/mol. The Balaban J connectivity index is 1.67. The number of rotatable bonds is 13. The fourth-order valence-electron chi connectivity index (χ4n) is 4.62. The van der Waals surface area contributed by atoms with Crippen LogP contribution in [-0.2, 0) is 17.4 Å².